The first kappa shape index (κ1) is 28.3. The molecule has 202 valence electrons. The van der Waals surface area contributed by atoms with E-state index < -0.39 is 0 Å². The van der Waals surface area contributed by atoms with Gasteiger partial charge in [0.25, 0.3) is 0 Å². The molecule has 0 saturated carbocycles. The smallest absolute Gasteiger partial charge is 0.242 e. The molecule has 0 amide bonds. The number of aliphatic hydroxyl groups excluding tert-OH is 1. The van der Waals surface area contributed by atoms with Crippen molar-refractivity contribution < 1.29 is 28.8 Å². The van der Waals surface area contributed by atoms with Crippen LogP contribution in [0.1, 0.15) is 48.7 Å². The second-order valence-corrected chi connectivity index (χ2v) is 9.88. The van der Waals surface area contributed by atoms with Gasteiger partial charge < -0.3 is 24.1 Å². The van der Waals surface area contributed by atoms with E-state index in [1.165, 1.54) is 9.20 Å². The summed E-state index contributed by atoms with van der Waals surface area (Å²) in [4.78, 5) is 13.3. The van der Waals surface area contributed by atoms with Crippen molar-refractivity contribution in [3.05, 3.63) is 46.6 Å². The Kier molecular flexibility index (Phi) is 9.41. The zero-order valence-corrected chi connectivity index (χ0v) is 22.4. The molecule has 2 aromatic heterocycles. The molecule has 0 atom stereocenters. The fraction of sp³-hybridized carbons (Fsp3) is 0.538. The minimum absolute atomic E-state index is 0.0289. The van der Waals surface area contributed by atoms with E-state index in [-0.39, 0.29) is 36.1 Å². The van der Waals surface area contributed by atoms with Crippen LogP contribution in [0, 0.1) is 12.3 Å². The molecule has 0 aliphatic heterocycles. The van der Waals surface area contributed by atoms with E-state index in [4.69, 9.17) is 29.5 Å². The number of hydrogen-bond acceptors (Lipinski definition) is 9. The highest BCUT2D eigenvalue weighted by Crippen LogP contribution is 2.28. The van der Waals surface area contributed by atoms with Gasteiger partial charge in [-0.3, -0.25) is 10.2 Å². The number of fused-ring (bicyclic) bond motifs is 1. The van der Waals surface area contributed by atoms with Gasteiger partial charge in [0.2, 0.25) is 11.5 Å². The van der Waals surface area contributed by atoms with Crippen molar-refractivity contribution in [3.63, 3.8) is 0 Å². The SMILES string of the molecule is COCC(COC)Oc1cc(C)c2nn(CC(=O)c3cc(OCCCO)cc(C(C)(C)C)c3)c(=N)n2n1. The van der Waals surface area contributed by atoms with Crippen LogP contribution in [-0.2, 0) is 21.4 Å². The highest BCUT2D eigenvalue weighted by Gasteiger charge is 2.20. The van der Waals surface area contributed by atoms with Gasteiger partial charge in [0, 0.05) is 44.4 Å². The van der Waals surface area contributed by atoms with Crippen LogP contribution in [0.25, 0.3) is 5.65 Å². The van der Waals surface area contributed by atoms with Crippen LogP contribution in [0.5, 0.6) is 11.6 Å². The summed E-state index contributed by atoms with van der Waals surface area (Å²) in [6.45, 7) is 8.89. The van der Waals surface area contributed by atoms with Crippen molar-refractivity contribution in [2.45, 2.75) is 52.2 Å². The fourth-order valence-corrected chi connectivity index (χ4v) is 3.72. The molecule has 0 aliphatic rings. The average molecular weight is 516 g/mol. The maximum absolute atomic E-state index is 13.3. The van der Waals surface area contributed by atoms with Gasteiger partial charge in [0.1, 0.15) is 18.4 Å². The predicted molar refractivity (Wildman–Crippen MR) is 136 cm³/mol. The fourth-order valence-electron chi connectivity index (χ4n) is 3.72. The quantitative estimate of drug-likeness (QED) is 0.262. The van der Waals surface area contributed by atoms with Crippen LogP contribution in [0.15, 0.2) is 24.3 Å². The normalized spacial score (nSPS) is 11.9. The molecular weight excluding hydrogens is 478 g/mol. The van der Waals surface area contributed by atoms with Crippen LogP contribution in [0.3, 0.4) is 0 Å². The molecule has 0 bridgehead atoms. The number of ether oxygens (including phenoxy) is 4. The van der Waals surface area contributed by atoms with Gasteiger partial charge in [-0.15, -0.1) is 10.2 Å². The first-order chi connectivity index (χ1) is 17.6. The van der Waals surface area contributed by atoms with Crippen LogP contribution in [0.2, 0.25) is 0 Å². The van der Waals surface area contributed by atoms with Gasteiger partial charge in [-0.2, -0.15) is 4.52 Å². The molecular formula is C26H37N5O6. The first-order valence-corrected chi connectivity index (χ1v) is 12.2. The van der Waals surface area contributed by atoms with Crippen LogP contribution in [0.4, 0.5) is 0 Å². The molecule has 2 N–H and O–H groups in total. The van der Waals surface area contributed by atoms with Crippen molar-refractivity contribution in [1.29, 1.82) is 5.41 Å². The summed E-state index contributed by atoms with van der Waals surface area (Å²) in [5.74, 6) is 0.654. The lowest BCUT2D eigenvalue weighted by molar-refractivity contribution is 0.0214. The molecule has 2 heterocycles. The maximum Gasteiger partial charge on any atom is 0.242 e. The molecule has 1 aromatic carbocycles. The molecule has 11 heteroatoms. The van der Waals surface area contributed by atoms with E-state index in [1.807, 2.05) is 19.1 Å². The average Bonchev–Trinajstić information content (AvgIpc) is 3.14. The molecule has 0 fully saturated rings. The lowest BCUT2D eigenvalue weighted by Gasteiger charge is -2.21. The first-order valence-electron chi connectivity index (χ1n) is 12.2. The summed E-state index contributed by atoms with van der Waals surface area (Å²) in [5, 5.41) is 26.5. The number of aromatic nitrogens is 4. The third-order valence-electron chi connectivity index (χ3n) is 5.70. The molecule has 3 rings (SSSR count). The maximum atomic E-state index is 13.3. The predicted octanol–water partition coefficient (Wildman–Crippen LogP) is 2.30. The van der Waals surface area contributed by atoms with Crippen LogP contribution < -0.4 is 15.1 Å². The van der Waals surface area contributed by atoms with Gasteiger partial charge >= 0.3 is 0 Å². The standard InChI is InChI=1S/C26H37N5O6/c1-17-10-23(37-21(15-34-5)16-35-6)28-31-24(17)29-30(25(31)27)14-22(33)18-11-19(26(2,3)4)13-20(12-18)36-9-7-8-32/h10-13,21,27,32H,7-9,14-16H2,1-6H3. The second kappa shape index (κ2) is 12.3. The molecule has 3 aromatic rings. The molecule has 0 radical (unpaired) electrons. The number of Topliss-reactive ketones (excluding diaryl/α,β-unsaturated/α-hetero) is 1. The Balaban J connectivity index is 1.91. The lowest BCUT2D eigenvalue weighted by Crippen LogP contribution is -2.29. The zero-order valence-electron chi connectivity index (χ0n) is 22.4. The molecule has 0 spiro atoms. The Morgan fingerprint density at radius 3 is 2.43 bits per heavy atom. The van der Waals surface area contributed by atoms with Gasteiger partial charge in [0.05, 0.1) is 19.8 Å². The molecule has 37 heavy (non-hydrogen) atoms. The van der Waals surface area contributed by atoms with Gasteiger partial charge in [0.15, 0.2) is 11.4 Å². The number of methoxy groups -OCH3 is 2. The third-order valence-corrected chi connectivity index (χ3v) is 5.70. The number of benzene rings is 1. The third kappa shape index (κ3) is 7.15. The van der Waals surface area contributed by atoms with E-state index in [0.717, 1.165) is 11.1 Å². The Morgan fingerprint density at radius 2 is 1.81 bits per heavy atom. The number of ketones is 1. The molecule has 0 unspecified atom stereocenters. The highest BCUT2D eigenvalue weighted by atomic mass is 16.6. The van der Waals surface area contributed by atoms with Gasteiger partial charge in [-0.1, -0.05) is 20.8 Å². The van der Waals surface area contributed by atoms with Crippen molar-refractivity contribution in [3.8, 4) is 11.6 Å². The number of aliphatic hydroxyl groups is 1. The highest BCUT2D eigenvalue weighted by molar-refractivity contribution is 5.96. The van der Waals surface area contributed by atoms with Crippen LogP contribution in [-0.4, -0.2) is 77.0 Å². The second-order valence-electron chi connectivity index (χ2n) is 9.88. The molecule has 0 aliphatic carbocycles. The van der Waals surface area contributed by atoms with E-state index in [2.05, 4.69) is 31.0 Å². The Bertz CT molecular complexity index is 1270. The Labute approximate surface area is 216 Å². The monoisotopic (exact) mass is 515 g/mol. The number of carbonyl (C=O) groups excluding carboxylic acids is 1. The van der Waals surface area contributed by atoms with Crippen molar-refractivity contribution in [2.75, 3.05) is 40.6 Å². The van der Waals surface area contributed by atoms with Crippen LogP contribution >= 0.6 is 0 Å². The van der Waals surface area contributed by atoms with E-state index in [9.17, 15) is 4.79 Å². The number of carbonyl (C=O) groups is 1. The molecule has 11 nitrogen and oxygen atoms in total. The van der Waals surface area contributed by atoms with Crippen molar-refractivity contribution in [1.82, 2.24) is 19.4 Å². The number of rotatable bonds is 13. The summed E-state index contributed by atoms with van der Waals surface area (Å²) < 4.78 is 24.7. The summed E-state index contributed by atoms with van der Waals surface area (Å²) in [6, 6.07) is 7.19. The van der Waals surface area contributed by atoms with Crippen molar-refractivity contribution >= 4 is 11.4 Å². The zero-order chi connectivity index (χ0) is 27.2. The molecule has 0 saturated heterocycles. The van der Waals surface area contributed by atoms with Gasteiger partial charge in [-0.05, 0) is 36.1 Å². The number of nitrogens with one attached hydrogen (secondary N) is 1. The minimum atomic E-state index is -0.366. The number of hydrogen-bond donors (Lipinski definition) is 2. The van der Waals surface area contributed by atoms with E-state index >= 15 is 0 Å². The Morgan fingerprint density at radius 1 is 1.11 bits per heavy atom. The largest absolute Gasteiger partial charge is 0.493 e. The number of aryl methyl sites for hydroxylation is 1. The van der Waals surface area contributed by atoms with E-state index in [1.54, 1.807) is 26.4 Å². The Hall–Kier alpha value is -3.28. The lowest BCUT2D eigenvalue weighted by atomic mass is 9.85. The summed E-state index contributed by atoms with van der Waals surface area (Å²) in [5.41, 5.74) is 2.35. The van der Waals surface area contributed by atoms with Gasteiger partial charge in [-0.25, -0.2) is 4.68 Å². The summed E-state index contributed by atoms with van der Waals surface area (Å²) >= 11 is 0. The number of nitrogens with zero attached hydrogens (tertiary/aromatic N) is 4. The topological polar surface area (TPSA) is 133 Å². The minimum Gasteiger partial charge on any atom is -0.493 e. The summed E-state index contributed by atoms with van der Waals surface area (Å²) in [6.07, 6.45) is 0.132. The van der Waals surface area contributed by atoms with E-state index in [0.29, 0.717) is 49.1 Å². The summed E-state index contributed by atoms with van der Waals surface area (Å²) in [7, 11) is 3.15. The van der Waals surface area contributed by atoms with Crippen molar-refractivity contribution in [2.24, 2.45) is 0 Å².